The maximum Gasteiger partial charge on any atom is 0.161 e. The highest BCUT2D eigenvalue weighted by Crippen LogP contribution is 2.33. The van der Waals surface area contributed by atoms with Crippen molar-refractivity contribution < 1.29 is 4.79 Å². The molecule has 0 aromatic heterocycles. The third kappa shape index (κ3) is 1.71. The Morgan fingerprint density at radius 3 is 2.67 bits per heavy atom. The summed E-state index contributed by atoms with van der Waals surface area (Å²) in [6.45, 7) is 0. The quantitative estimate of drug-likeness (QED) is 0.741. The number of hydrogen-bond acceptors (Lipinski definition) is 2. The fourth-order valence-corrected chi connectivity index (χ4v) is 2.14. The van der Waals surface area contributed by atoms with Crippen LogP contribution >= 0.6 is 11.6 Å². The van der Waals surface area contributed by atoms with Gasteiger partial charge in [-0.2, -0.15) is 0 Å². The maximum absolute atomic E-state index is 11.8. The molecule has 1 aromatic carbocycles. The van der Waals surface area contributed by atoms with Crippen molar-refractivity contribution in [3.8, 4) is 0 Å². The maximum atomic E-state index is 11.8. The Kier molecular flexibility index (Phi) is 2.63. The van der Waals surface area contributed by atoms with Crippen LogP contribution in [0.5, 0.6) is 0 Å². The van der Waals surface area contributed by atoms with Gasteiger partial charge in [0, 0.05) is 11.4 Å². The number of nitrogens with two attached hydrogens (primary N) is 1. The fourth-order valence-electron chi connectivity index (χ4n) is 1.84. The molecule has 0 fully saturated rings. The Balaban J connectivity index is 2.49. The van der Waals surface area contributed by atoms with Gasteiger partial charge < -0.3 is 5.73 Å². The lowest BCUT2D eigenvalue weighted by atomic mass is 9.79. The third-order valence-electron chi connectivity index (χ3n) is 2.76. The van der Waals surface area contributed by atoms with Crippen LogP contribution in [0.3, 0.4) is 0 Å². The van der Waals surface area contributed by atoms with E-state index in [1.165, 1.54) is 0 Å². The molecule has 0 spiro atoms. The van der Waals surface area contributed by atoms with E-state index >= 15 is 0 Å². The van der Waals surface area contributed by atoms with Crippen LogP contribution < -0.4 is 5.73 Å². The minimum Gasteiger partial charge on any atom is -0.315 e. The number of halogens is 1. The van der Waals surface area contributed by atoms with Crippen molar-refractivity contribution >= 4 is 17.4 Å². The van der Waals surface area contributed by atoms with Crippen LogP contribution in [-0.2, 0) is 10.3 Å². The number of rotatable bonds is 1. The predicted octanol–water partition coefficient (Wildman–Crippen LogP) is 2.41. The van der Waals surface area contributed by atoms with Crippen LogP contribution in [0.15, 0.2) is 36.4 Å². The van der Waals surface area contributed by atoms with Gasteiger partial charge in [0.05, 0.1) is 0 Å². The topological polar surface area (TPSA) is 43.1 Å². The minimum absolute atomic E-state index is 0.0260. The van der Waals surface area contributed by atoms with Crippen LogP contribution in [0.25, 0.3) is 0 Å². The first-order valence-corrected chi connectivity index (χ1v) is 5.24. The molecule has 1 unspecified atom stereocenters. The van der Waals surface area contributed by atoms with Gasteiger partial charge in [-0.1, -0.05) is 42.0 Å². The first kappa shape index (κ1) is 10.4. The Morgan fingerprint density at radius 2 is 2.00 bits per heavy atom. The van der Waals surface area contributed by atoms with E-state index in [2.05, 4.69) is 0 Å². The molecule has 0 bridgehead atoms. The fraction of sp³-hybridized carbons (Fsp3) is 0.250. The molecule has 78 valence electrons. The van der Waals surface area contributed by atoms with E-state index in [1.54, 1.807) is 6.07 Å². The largest absolute Gasteiger partial charge is 0.315 e. The van der Waals surface area contributed by atoms with Gasteiger partial charge in [0.25, 0.3) is 0 Å². The van der Waals surface area contributed by atoms with Gasteiger partial charge >= 0.3 is 0 Å². The zero-order chi connectivity index (χ0) is 10.9. The Labute approximate surface area is 93.7 Å². The van der Waals surface area contributed by atoms with Gasteiger partial charge in [-0.15, -0.1) is 0 Å². The van der Waals surface area contributed by atoms with Gasteiger partial charge in [0.15, 0.2) is 5.78 Å². The number of Topliss-reactive ketones (excluding diaryl/α,β-unsaturated/α-hetero) is 1. The summed E-state index contributed by atoms with van der Waals surface area (Å²) < 4.78 is 0. The van der Waals surface area contributed by atoms with Crippen molar-refractivity contribution in [2.75, 3.05) is 0 Å². The summed E-state index contributed by atoms with van der Waals surface area (Å²) >= 11 is 6.06. The van der Waals surface area contributed by atoms with Crippen molar-refractivity contribution in [1.29, 1.82) is 0 Å². The number of carbonyl (C=O) groups excluding carboxylic acids is 1. The Hall–Kier alpha value is -1.12. The SMILES string of the molecule is NC1(c2ccccc2Cl)CC=CCC1=O. The van der Waals surface area contributed by atoms with Crippen LogP contribution in [-0.4, -0.2) is 5.78 Å². The molecule has 1 atom stereocenters. The molecule has 0 amide bonds. The monoisotopic (exact) mass is 221 g/mol. The highest BCUT2D eigenvalue weighted by molar-refractivity contribution is 6.31. The molecule has 0 heterocycles. The van der Waals surface area contributed by atoms with Gasteiger partial charge in [-0.25, -0.2) is 0 Å². The van der Waals surface area contributed by atoms with Crippen LogP contribution in [0.1, 0.15) is 18.4 Å². The van der Waals surface area contributed by atoms with E-state index in [0.29, 0.717) is 17.9 Å². The molecule has 0 aliphatic heterocycles. The first-order chi connectivity index (χ1) is 7.14. The summed E-state index contributed by atoms with van der Waals surface area (Å²) in [6.07, 6.45) is 4.70. The lowest BCUT2D eigenvalue weighted by Gasteiger charge is -2.30. The van der Waals surface area contributed by atoms with Crippen LogP contribution in [0.2, 0.25) is 5.02 Å². The molecule has 15 heavy (non-hydrogen) atoms. The van der Waals surface area contributed by atoms with E-state index in [1.807, 2.05) is 30.4 Å². The normalized spacial score (nSPS) is 25.6. The second-order valence-corrected chi connectivity index (χ2v) is 4.16. The number of carbonyl (C=O) groups is 1. The van der Waals surface area contributed by atoms with E-state index in [0.717, 1.165) is 5.56 Å². The number of allylic oxidation sites excluding steroid dienone is 1. The summed E-state index contributed by atoms with van der Waals surface area (Å²) in [5.74, 6) is 0.0260. The van der Waals surface area contributed by atoms with Crippen molar-refractivity contribution in [2.45, 2.75) is 18.4 Å². The van der Waals surface area contributed by atoms with Crippen molar-refractivity contribution in [1.82, 2.24) is 0 Å². The molecule has 1 aliphatic carbocycles. The molecule has 0 radical (unpaired) electrons. The number of hydrogen-bond donors (Lipinski definition) is 1. The average Bonchev–Trinajstić information content (AvgIpc) is 2.23. The first-order valence-electron chi connectivity index (χ1n) is 4.87. The van der Waals surface area contributed by atoms with E-state index in [4.69, 9.17) is 17.3 Å². The van der Waals surface area contributed by atoms with Crippen molar-refractivity contribution in [2.24, 2.45) is 5.73 Å². The molecule has 2 rings (SSSR count). The summed E-state index contributed by atoms with van der Waals surface area (Å²) in [5, 5.41) is 0.559. The van der Waals surface area contributed by atoms with E-state index < -0.39 is 5.54 Å². The zero-order valence-corrected chi connectivity index (χ0v) is 9.00. The van der Waals surface area contributed by atoms with Crippen LogP contribution in [0.4, 0.5) is 0 Å². The highest BCUT2D eigenvalue weighted by atomic mass is 35.5. The summed E-state index contributed by atoms with van der Waals surface area (Å²) in [4.78, 5) is 11.8. The van der Waals surface area contributed by atoms with Gasteiger partial charge in [-0.3, -0.25) is 4.79 Å². The molecular weight excluding hydrogens is 210 g/mol. The van der Waals surface area contributed by atoms with Crippen molar-refractivity contribution in [3.05, 3.63) is 47.0 Å². The second kappa shape index (κ2) is 3.80. The van der Waals surface area contributed by atoms with Crippen molar-refractivity contribution in [3.63, 3.8) is 0 Å². The molecule has 0 saturated carbocycles. The van der Waals surface area contributed by atoms with Gasteiger partial charge in [0.2, 0.25) is 0 Å². The number of benzene rings is 1. The van der Waals surface area contributed by atoms with Gasteiger partial charge in [0.1, 0.15) is 5.54 Å². The van der Waals surface area contributed by atoms with E-state index in [9.17, 15) is 4.79 Å². The molecule has 0 saturated heterocycles. The Morgan fingerprint density at radius 1 is 1.27 bits per heavy atom. The van der Waals surface area contributed by atoms with Crippen LogP contribution in [0, 0.1) is 0 Å². The summed E-state index contributed by atoms with van der Waals surface area (Å²) in [7, 11) is 0. The highest BCUT2D eigenvalue weighted by Gasteiger charge is 2.36. The average molecular weight is 222 g/mol. The second-order valence-electron chi connectivity index (χ2n) is 3.75. The third-order valence-corrected chi connectivity index (χ3v) is 3.09. The molecule has 1 aliphatic rings. The zero-order valence-electron chi connectivity index (χ0n) is 8.24. The Bertz CT molecular complexity index is 427. The van der Waals surface area contributed by atoms with E-state index in [-0.39, 0.29) is 5.78 Å². The predicted molar refractivity (Wildman–Crippen MR) is 60.7 cm³/mol. The molecule has 3 heteroatoms. The lowest BCUT2D eigenvalue weighted by molar-refractivity contribution is -0.124. The molecular formula is C12H12ClNO. The molecule has 1 aromatic rings. The molecule has 2 nitrogen and oxygen atoms in total. The summed E-state index contributed by atoms with van der Waals surface area (Å²) in [6, 6.07) is 7.26. The molecule has 2 N–H and O–H groups in total. The van der Waals surface area contributed by atoms with Gasteiger partial charge in [-0.05, 0) is 18.1 Å². The summed E-state index contributed by atoms with van der Waals surface area (Å²) in [5.41, 5.74) is 5.93. The lowest BCUT2D eigenvalue weighted by Crippen LogP contribution is -2.45. The smallest absolute Gasteiger partial charge is 0.161 e. The number of ketones is 1. The standard InChI is InChI=1S/C12H12ClNO/c13-10-6-2-1-5-9(10)12(14)8-4-3-7-11(12)15/h1-6H,7-8,14H2. The minimum atomic E-state index is -0.937.